The molecule has 0 fully saturated rings. The van der Waals surface area contributed by atoms with Crippen LogP contribution in [0.4, 0.5) is 5.69 Å². The van der Waals surface area contributed by atoms with Gasteiger partial charge < -0.3 is 10.2 Å². The fourth-order valence-electron chi connectivity index (χ4n) is 4.23. The average Bonchev–Trinajstić information content (AvgIpc) is 2.92. The Bertz CT molecular complexity index is 1430. The Hall–Kier alpha value is -3.07. The van der Waals surface area contributed by atoms with Crippen LogP contribution in [0.5, 0.6) is 0 Å². The third kappa shape index (κ3) is 7.77. The van der Waals surface area contributed by atoms with Crippen molar-refractivity contribution in [3.8, 4) is 0 Å². The van der Waals surface area contributed by atoms with Gasteiger partial charge in [-0.1, -0.05) is 86.4 Å². The molecule has 1 N–H and O–H groups in total. The smallest absolute Gasteiger partial charge is 0.264 e. The van der Waals surface area contributed by atoms with E-state index in [-0.39, 0.29) is 34.0 Å². The third-order valence-electron chi connectivity index (χ3n) is 6.46. The lowest BCUT2D eigenvalue weighted by Gasteiger charge is -2.34. The van der Waals surface area contributed by atoms with E-state index in [4.69, 9.17) is 23.2 Å². The topological polar surface area (TPSA) is 86.8 Å². The van der Waals surface area contributed by atoms with Gasteiger partial charge >= 0.3 is 0 Å². The van der Waals surface area contributed by atoms with Crippen molar-refractivity contribution in [1.82, 2.24) is 10.2 Å². The molecule has 0 aliphatic carbocycles. The van der Waals surface area contributed by atoms with E-state index in [2.05, 4.69) is 5.32 Å². The number of hydrogen-bond acceptors (Lipinski definition) is 4. The summed E-state index contributed by atoms with van der Waals surface area (Å²) in [6, 6.07) is 19.0. The van der Waals surface area contributed by atoms with Crippen molar-refractivity contribution in [1.29, 1.82) is 0 Å². The Kier molecular flexibility index (Phi) is 11.0. The SMILES string of the molecule is CC[C@@H](C(=O)NCC(C)C)N(Cc1ccccc1C)C(=O)CN(c1ccc(Cl)cc1Cl)S(=O)(=O)c1ccccc1. The quantitative estimate of drug-likeness (QED) is 0.272. The van der Waals surface area contributed by atoms with Crippen LogP contribution < -0.4 is 9.62 Å². The van der Waals surface area contributed by atoms with Crippen molar-refractivity contribution in [3.63, 3.8) is 0 Å². The number of carbonyl (C=O) groups is 2. The molecule has 0 aliphatic heterocycles. The summed E-state index contributed by atoms with van der Waals surface area (Å²) < 4.78 is 28.7. The number of benzene rings is 3. The highest BCUT2D eigenvalue weighted by atomic mass is 35.5. The highest BCUT2D eigenvalue weighted by Crippen LogP contribution is 2.33. The normalized spacial score (nSPS) is 12.2. The predicted octanol–water partition coefficient (Wildman–Crippen LogP) is 6.08. The van der Waals surface area contributed by atoms with Gasteiger partial charge in [0.05, 0.1) is 15.6 Å². The van der Waals surface area contributed by atoms with Gasteiger partial charge in [0.25, 0.3) is 10.0 Å². The molecule has 3 aromatic carbocycles. The Morgan fingerprint density at radius 3 is 2.20 bits per heavy atom. The van der Waals surface area contributed by atoms with Crippen molar-refractivity contribution in [2.45, 2.75) is 51.6 Å². The van der Waals surface area contributed by atoms with Crippen LogP contribution in [0.25, 0.3) is 0 Å². The van der Waals surface area contributed by atoms with E-state index in [1.54, 1.807) is 18.2 Å². The Balaban J connectivity index is 2.08. The summed E-state index contributed by atoms with van der Waals surface area (Å²) in [5.74, 6) is -0.610. The molecular formula is C30H35Cl2N3O4S. The van der Waals surface area contributed by atoms with Crippen LogP contribution >= 0.6 is 23.2 Å². The summed E-state index contributed by atoms with van der Waals surface area (Å²) >= 11 is 12.6. The zero-order chi connectivity index (χ0) is 29.4. The molecule has 0 heterocycles. The van der Waals surface area contributed by atoms with E-state index in [1.165, 1.54) is 35.2 Å². The molecular weight excluding hydrogens is 569 g/mol. The minimum absolute atomic E-state index is 0.000915. The number of aryl methyl sites for hydroxylation is 1. The maximum Gasteiger partial charge on any atom is 0.264 e. The second-order valence-corrected chi connectivity index (χ2v) is 12.6. The first-order valence-electron chi connectivity index (χ1n) is 13.1. The molecule has 214 valence electrons. The summed E-state index contributed by atoms with van der Waals surface area (Å²) in [7, 11) is -4.22. The molecule has 0 saturated heterocycles. The molecule has 0 aromatic heterocycles. The molecule has 0 unspecified atom stereocenters. The largest absolute Gasteiger partial charge is 0.354 e. The maximum absolute atomic E-state index is 14.1. The van der Waals surface area contributed by atoms with Gasteiger partial charge in [0, 0.05) is 18.1 Å². The average molecular weight is 605 g/mol. The molecule has 10 heteroatoms. The minimum Gasteiger partial charge on any atom is -0.354 e. The van der Waals surface area contributed by atoms with Gasteiger partial charge in [-0.15, -0.1) is 0 Å². The first kappa shape index (κ1) is 31.5. The molecule has 3 rings (SSSR count). The van der Waals surface area contributed by atoms with E-state index in [0.29, 0.717) is 18.0 Å². The van der Waals surface area contributed by atoms with E-state index in [1.807, 2.05) is 52.0 Å². The first-order chi connectivity index (χ1) is 18.9. The Morgan fingerprint density at radius 2 is 1.60 bits per heavy atom. The van der Waals surface area contributed by atoms with Crippen LogP contribution in [0.15, 0.2) is 77.7 Å². The molecule has 0 aliphatic rings. The zero-order valence-electron chi connectivity index (χ0n) is 23.1. The van der Waals surface area contributed by atoms with E-state index >= 15 is 0 Å². The summed E-state index contributed by atoms with van der Waals surface area (Å²) in [4.78, 5) is 28.9. The number of halogens is 2. The number of carbonyl (C=O) groups excluding carboxylic acids is 2. The highest BCUT2D eigenvalue weighted by molar-refractivity contribution is 7.92. The summed E-state index contributed by atoms with van der Waals surface area (Å²) in [5.41, 5.74) is 1.91. The molecule has 0 bridgehead atoms. The number of nitrogens with zero attached hydrogens (tertiary/aromatic N) is 2. The van der Waals surface area contributed by atoms with E-state index in [0.717, 1.165) is 15.4 Å². The van der Waals surface area contributed by atoms with Gasteiger partial charge in [-0.25, -0.2) is 8.42 Å². The maximum atomic E-state index is 14.1. The molecule has 3 aromatic rings. The predicted molar refractivity (Wildman–Crippen MR) is 161 cm³/mol. The number of anilines is 1. The fraction of sp³-hybridized carbons (Fsp3) is 0.333. The Labute approximate surface area is 247 Å². The van der Waals surface area contributed by atoms with Crippen LogP contribution in [0.2, 0.25) is 10.0 Å². The van der Waals surface area contributed by atoms with Crippen LogP contribution in [0, 0.1) is 12.8 Å². The third-order valence-corrected chi connectivity index (χ3v) is 8.77. The van der Waals surface area contributed by atoms with Crippen molar-refractivity contribution >= 4 is 50.7 Å². The number of rotatable bonds is 12. The first-order valence-corrected chi connectivity index (χ1v) is 15.3. The van der Waals surface area contributed by atoms with Gasteiger partial charge in [-0.3, -0.25) is 13.9 Å². The lowest BCUT2D eigenvalue weighted by atomic mass is 10.1. The summed E-state index contributed by atoms with van der Waals surface area (Å²) in [5, 5.41) is 3.33. The number of hydrogen-bond donors (Lipinski definition) is 1. The van der Waals surface area contributed by atoms with Crippen LogP contribution in [0.1, 0.15) is 38.3 Å². The van der Waals surface area contributed by atoms with Gasteiger partial charge in [-0.05, 0) is 60.7 Å². The second kappa shape index (κ2) is 14.0. The van der Waals surface area contributed by atoms with Gasteiger partial charge in [0.15, 0.2) is 0 Å². The lowest BCUT2D eigenvalue weighted by molar-refractivity contribution is -0.140. The highest BCUT2D eigenvalue weighted by Gasteiger charge is 2.34. The molecule has 2 amide bonds. The van der Waals surface area contributed by atoms with E-state index in [9.17, 15) is 18.0 Å². The summed E-state index contributed by atoms with van der Waals surface area (Å²) in [6.45, 7) is 7.74. The summed E-state index contributed by atoms with van der Waals surface area (Å²) in [6.07, 6.45) is 0.342. The van der Waals surface area contributed by atoms with Crippen molar-refractivity contribution < 1.29 is 18.0 Å². The second-order valence-electron chi connectivity index (χ2n) is 9.93. The zero-order valence-corrected chi connectivity index (χ0v) is 25.4. The Morgan fingerprint density at radius 1 is 0.950 bits per heavy atom. The van der Waals surface area contributed by atoms with Crippen molar-refractivity contribution in [2.75, 3.05) is 17.4 Å². The number of amides is 2. The molecule has 7 nitrogen and oxygen atoms in total. The molecule has 1 atom stereocenters. The van der Waals surface area contributed by atoms with Crippen molar-refractivity contribution in [2.24, 2.45) is 5.92 Å². The van der Waals surface area contributed by atoms with Gasteiger partial charge in [0.1, 0.15) is 12.6 Å². The van der Waals surface area contributed by atoms with E-state index < -0.39 is 28.5 Å². The standard InChI is InChI=1S/C30H35Cl2N3O4S/c1-5-27(30(37)33-18-21(2)3)34(19-23-12-10-9-11-22(23)4)29(36)20-35(28-16-15-24(31)17-26(28)32)40(38,39)25-13-7-6-8-14-25/h6-17,21,27H,5,18-20H2,1-4H3,(H,33,37)/t27-/m0/s1. The fourth-order valence-corrected chi connectivity index (χ4v) is 6.24. The number of nitrogens with one attached hydrogen (secondary N) is 1. The minimum atomic E-state index is -4.22. The van der Waals surface area contributed by atoms with Crippen molar-refractivity contribution in [3.05, 3.63) is 94.0 Å². The van der Waals surface area contributed by atoms with Crippen LogP contribution in [-0.2, 0) is 26.2 Å². The lowest BCUT2D eigenvalue weighted by Crippen LogP contribution is -2.52. The van der Waals surface area contributed by atoms with Crippen LogP contribution in [-0.4, -0.2) is 44.3 Å². The van der Waals surface area contributed by atoms with Crippen LogP contribution in [0.3, 0.4) is 0 Å². The molecule has 0 spiro atoms. The molecule has 0 saturated carbocycles. The molecule has 0 radical (unpaired) electrons. The monoisotopic (exact) mass is 603 g/mol. The molecule has 40 heavy (non-hydrogen) atoms. The van der Waals surface area contributed by atoms with Gasteiger partial charge in [-0.2, -0.15) is 0 Å². The number of sulfonamides is 1. The van der Waals surface area contributed by atoms with Gasteiger partial charge in [0.2, 0.25) is 11.8 Å².